The van der Waals surface area contributed by atoms with E-state index in [1.54, 1.807) is 7.05 Å². The molecule has 0 radical (unpaired) electrons. The van der Waals surface area contributed by atoms with Crippen LogP contribution in [0.4, 0.5) is 0 Å². The Morgan fingerprint density at radius 2 is 2.08 bits per heavy atom. The summed E-state index contributed by atoms with van der Waals surface area (Å²) >= 11 is 1.47. The molecule has 0 spiro atoms. The lowest BCUT2D eigenvalue weighted by Crippen LogP contribution is -2.20. The van der Waals surface area contributed by atoms with Crippen LogP contribution in [0.3, 0.4) is 0 Å². The van der Waals surface area contributed by atoms with Crippen molar-refractivity contribution in [2.45, 2.75) is 37.1 Å². The van der Waals surface area contributed by atoms with E-state index in [9.17, 15) is 4.79 Å². The van der Waals surface area contributed by atoms with Gasteiger partial charge in [-0.25, -0.2) is 0 Å². The third-order valence-corrected chi connectivity index (χ3v) is 5.21. The second-order valence-electron chi connectivity index (χ2n) is 6.06. The Hall–Kier alpha value is -2.68. The summed E-state index contributed by atoms with van der Waals surface area (Å²) in [5.74, 6) is 1.78. The number of benzene rings is 1. The summed E-state index contributed by atoms with van der Waals surface area (Å²) < 4.78 is 8.78. The van der Waals surface area contributed by atoms with E-state index < -0.39 is 0 Å². The van der Waals surface area contributed by atoms with E-state index in [4.69, 9.17) is 4.52 Å². The molecule has 0 amide bonds. The Balaban J connectivity index is 1.78. The van der Waals surface area contributed by atoms with Gasteiger partial charge in [0.05, 0.1) is 16.2 Å². The van der Waals surface area contributed by atoms with E-state index in [0.717, 1.165) is 18.4 Å². The second kappa shape index (κ2) is 6.56. The summed E-state index contributed by atoms with van der Waals surface area (Å²) in [4.78, 5) is 16.9. The monoisotopic (exact) mass is 370 g/mol. The number of nitrogens with zero attached hydrogens (tertiary/aromatic N) is 6. The van der Waals surface area contributed by atoms with E-state index in [1.165, 1.54) is 16.3 Å². The van der Waals surface area contributed by atoms with E-state index >= 15 is 0 Å². The first-order valence-corrected chi connectivity index (χ1v) is 9.30. The van der Waals surface area contributed by atoms with Gasteiger partial charge in [-0.05, 0) is 25.5 Å². The smallest absolute Gasteiger partial charge is 0.262 e. The van der Waals surface area contributed by atoms with Gasteiger partial charge in [-0.1, -0.05) is 36.0 Å². The number of fused-ring (bicyclic) bond motifs is 3. The van der Waals surface area contributed by atoms with Crippen molar-refractivity contribution in [3.8, 4) is 0 Å². The first-order valence-electron chi connectivity index (χ1n) is 8.42. The molecule has 0 saturated heterocycles. The van der Waals surface area contributed by atoms with Crippen molar-refractivity contribution in [3.05, 3.63) is 46.3 Å². The van der Waals surface area contributed by atoms with Gasteiger partial charge in [0.2, 0.25) is 11.7 Å². The molecule has 1 unspecified atom stereocenters. The van der Waals surface area contributed by atoms with Gasteiger partial charge in [-0.15, -0.1) is 10.2 Å². The fourth-order valence-corrected chi connectivity index (χ4v) is 3.74. The van der Waals surface area contributed by atoms with Crippen LogP contribution in [-0.4, -0.2) is 29.3 Å². The Morgan fingerprint density at radius 1 is 1.27 bits per heavy atom. The third kappa shape index (κ3) is 2.68. The Morgan fingerprint density at radius 3 is 2.88 bits per heavy atom. The predicted molar refractivity (Wildman–Crippen MR) is 98.3 cm³/mol. The van der Waals surface area contributed by atoms with Crippen LogP contribution in [0.25, 0.3) is 16.7 Å². The summed E-state index contributed by atoms with van der Waals surface area (Å²) in [6.07, 6.45) is 1.76. The number of hydrogen-bond acceptors (Lipinski definition) is 7. The highest BCUT2D eigenvalue weighted by Crippen LogP contribution is 2.33. The van der Waals surface area contributed by atoms with Gasteiger partial charge in [-0.2, -0.15) is 4.98 Å². The van der Waals surface area contributed by atoms with Crippen LogP contribution < -0.4 is 5.56 Å². The van der Waals surface area contributed by atoms with Crippen LogP contribution in [0.1, 0.15) is 37.2 Å². The maximum Gasteiger partial charge on any atom is 0.262 e. The Bertz CT molecular complexity index is 1150. The van der Waals surface area contributed by atoms with Gasteiger partial charge in [-0.3, -0.25) is 13.8 Å². The van der Waals surface area contributed by atoms with Gasteiger partial charge in [0, 0.05) is 13.5 Å². The molecule has 0 N–H and O–H groups in total. The van der Waals surface area contributed by atoms with Crippen molar-refractivity contribution in [1.29, 1.82) is 0 Å². The summed E-state index contributed by atoms with van der Waals surface area (Å²) in [5.41, 5.74) is 0.689. The number of thioether (sulfide) groups is 1. The highest BCUT2D eigenvalue weighted by molar-refractivity contribution is 7.99. The van der Waals surface area contributed by atoms with Gasteiger partial charge >= 0.3 is 0 Å². The van der Waals surface area contributed by atoms with E-state index in [2.05, 4.69) is 27.3 Å². The molecule has 0 aliphatic carbocycles. The Labute approximate surface area is 153 Å². The molecule has 0 aliphatic heterocycles. The zero-order valence-corrected chi connectivity index (χ0v) is 15.5. The first kappa shape index (κ1) is 16.8. The fourth-order valence-electron chi connectivity index (χ4n) is 2.85. The molecule has 4 rings (SSSR count). The van der Waals surface area contributed by atoms with Crippen molar-refractivity contribution in [3.63, 3.8) is 0 Å². The van der Waals surface area contributed by atoms with E-state index in [1.807, 2.05) is 35.6 Å². The lowest BCUT2D eigenvalue weighted by molar-refractivity contribution is 0.374. The molecule has 8 nitrogen and oxygen atoms in total. The highest BCUT2D eigenvalue weighted by Gasteiger charge is 2.21. The van der Waals surface area contributed by atoms with Crippen molar-refractivity contribution < 1.29 is 4.52 Å². The highest BCUT2D eigenvalue weighted by atomic mass is 32.2. The molecule has 0 aliphatic rings. The quantitative estimate of drug-likeness (QED) is 0.499. The second-order valence-corrected chi connectivity index (χ2v) is 7.37. The van der Waals surface area contributed by atoms with Crippen molar-refractivity contribution in [1.82, 2.24) is 29.3 Å². The fraction of sp³-hybridized carbons (Fsp3) is 0.353. The molecule has 3 aromatic heterocycles. The number of hydrogen-bond donors (Lipinski definition) is 0. The van der Waals surface area contributed by atoms with Crippen LogP contribution in [-0.2, 0) is 13.5 Å². The van der Waals surface area contributed by atoms with Crippen molar-refractivity contribution in [2.24, 2.45) is 7.05 Å². The molecule has 3 heterocycles. The normalized spacial score (nSPS) is 12.9. The molecule has 1 atom stereocenters. The molecule has 1 aromatic carbocycles. The predicted octanol–water partition coefficient (Wildman–Crippen LogP) is 2.77. The molecular weight excluding hydrogens is 352 g/mol. The molecule has 134 valence electrons. The number of aryl methyl sites for hydroxylation is 2. The van der Waals surface area contributed by atoms with Crippen LogP contribution in [0, 0.1) is 0 Å². The number of para-hydroxylation sites is 1. The standard InChI is InChI=1S/C17H18N6O2S/c1-4-7-13-18-14(25-21-13)10(2)26-17-20-19-16-22(3)15(24)11-8-5-6-9-12(11)23(16)17/h5-6,8-10H,4,7H2,1-3H3. The molecule has 26 heavy (non-hydrogen) atoms. The number of aromatic nitrogens is 6. The van der Waals surface area contributed by atoms with E-state index in [-0.39, 0.29) is 10.8 Å². The maximum atomic E-state index is 12.5. The SMILES string of the molecule is CCCc1noc(C(C)Sc2nnc3n(C)c(=O)c4ccccc4n23)n1. The van der Waals surface area contributed by atoms with Crippen LogP contribution in [0.5, 0.6) is 0 Å². The molecule has 4 aromatic rings. The molecule has 9 heteroatoms. The lowest BCUT2D eigenvalue weighted by atomic mass is 10.2. The van der Waals surface area contributed by atoms with Crippen molar-refractivity contribution >= 4 is 28.4 Å². The van der Waals surface area contributed by atoms with Crippen LogP contribution >= 0.6 is 11.8 Å². The zero-order valence-electron chi connectivity index (χ0n) is 14.7. The topological polar surface area (TPSA) is 91.1 Å². The molecular formula is C17H18N6O2S. The van der Waals surface area contributed by atoms with Gasteiger partial charge < -0.3 is 4.52 Å². The van der Waals surface area contributed by atoms with Gasteiger partial charge in [0.15, 0.2) is 11.0 Å². The minimum absolute atomic E-state index is 0.0866. The maximum absolute atomic E-state index is 12.5. The third-order valence-electron chi connectivity index (χ3n) is 4.18. The molecule has 0 fully saturated rings. The van der Waals surface area contributed by atoms with Gasteiger partial charge in [0.25, 0.3) is 5.56 Å². The minimum atomic E-state index is -0.0915. The van der Waals surface area contributed by atoms with Crippen LogP contribution in [0.2, 0.25) is 0 Å². The Kier molecular flexibility index (Phi) is 4.23. The summed E-state index contributed by atoms with van der Waals surface area (Å²) in [6.45, 7) is 4.06. The van der Waals surface area contributed by atoms with Crippen molar-refractivity contribution in [2.75, 3.05) is 0 Å². The van der Waals surface area contributed by atoms with Gasteiger partial charge in [0.1, 0.15) is 0 Å². The average Bonchev–Trinajstić information content (AvgIpc) is 3.27. The number of rotatable bonds is 5. The first-order chi connectivity index (χ1) is 12.6. The molecule has 0 saturated carbocycles. The van der Waals surface area contributed by atoms with E-state index in [0.29, 0.717) is 28.0 Å². The summed E-state index contributed by atoms with van der Waals surface area (Å²) in [7, 11) is 1.70. The lowest BCUT2D eigenvalue weighted by Gasteiger charge is -2.09. The molecule has 0 bridgehead atoms. The van der Waals surface area contributed by atoms with Crippen LogP contribution in [0.15, 0.2) is 38.7 Å². The largest absolute Gasteiger partial charge is 0.338 e. The summed E-state index contributed by atoms with van der Waals surface area (Å²) in [5, 5.41) is 13.7. The average molecular weight is 370 g/mol. The minimum Gasteiger partial charge on any atom is -0.338 e. The zero-order chi connectivity index (χ0) is 18.3. The summed E-state index contributed by atoms with van der Waals surface area (Å²) in [6, 6.07) is 7.45.